The summed E-state index contributed by atoms with van der Waals surface area (Å²) in [5.74, 6) is -0.195. The zero-order chi connectivity index (χ0) is 20.4. The SMILES string of the molecule is O=C(CSC1=N[C@@H]2CS(=O)(=O)C[C@@H]2N1c1cccc(Cl)c1)OCc1ccccc1. The first-order valence-corrected chi connectivity index (χ1v) is 12.3. The number of hydrogen-bond acceptors (Lipinski definition) is 7. The van der Waals surface area contributed by atoms with Gasteiger partial charge in [-0.25, -0.2) is 8.42 Å². The summed E-state index contributed by atoms with van der Waals surface area (Å²) in [4.78, 5) is 18.7. The molecule has 2 aliphatic heterocycles. The van der Waals surface area contributed by atoms with Crippen LogP contribution in [0.15, 0.2) is 59.6 Å². The zero-order valence-electron chi connectivity index (χ0n) is 15.4. The number of halogens is 1. The third-order valence-corrected chi connectivity index (χ3v) is 7.63. The van der Waals surface area contributed by atoms with Gasteiger partial charge in [-0.05, 0) is 23.8 Å². The predicted octanol–water partition coefficient (Wildman–Crippen LogP) is 3.16. The number of aliphatic imine (C=N–C) groups is 1. The van der Waals surface area contributed by atoms with Crippen molar-refractivity contribution in [2.75, 3.05) is 22.2 Å². The lowest BCUT2D eigenvalue weighted by atomic mass is 10.1. The van der Waals surface area contributed by atoms with Crippen molar-refractivity contribution in [1.82, 2.24) is 0 Å². The number of fused-ring (bicyclic) bond motifs is 1. The zero-order valence-corrected chi connectivity index (χ0v) is 17.8. The minimum Gasteiger partial charge on any atom is -0.460 e. The van der Waals surface area contributed by atoms with E-state index < -0.39 is 9.84 Å². The van der Waals surface area contributed by atoms with Crippen LogP contribution in [-0.4, -0.2) is 48.9 Å². The van der Waals surface area contributed by atoms with Gasteiger partial charge < -0.3 is 9.64 Å². The maximum absolute atomic E-state index is 12.2. The standard InChI is InChI=1S/C20H19ClN2O4S2/c21-15-7-4-8-16(9-15)23-18-13-29(25,26)12-17(18)22-20(23)28-11-19(24)27-10-14-5-2-1-3-6-14/h1-9,17-18H,10-13H2/t17-,18+/m1/s1. The fraction of sp³-hybridized carbons (Fsp3) is 0.300. The summed E-state index contributed by atoms with van der Waals surface area (Å²) < 4.78 is 29.5. The number of carbonyl (C=O) groups excluding carboxylic acids is 1. The molecule has 2 aliphatic rings. The molecule has 0 unspecified atom stereocenters. The molecule has 0 bridgehead atoms. The summed E-state index contributed by atoms with van der Waals surface area (Å²) in [6.45, 7) is 0.216. The Hall–Kier alpha value is -2.03. The van der Waals surface area contributed by atoms with Gasteiger partial charge in [0.05, 0.1) is 29.3 Å². The van der Waals surface area contributed by atoms with E-state index in [-0.39, 0.29) is 41.9 Å². The Morgan fingerprint density at radius 2 is 1.97 bits per heavy atom. The van der Waals surface area contributed by atoms with Gasteiger partial charge in [-0.2, -0.15) is 0 Å². The average molecular weight is 451 g/mol. The number of anilines is 1. The summed E-state index contributed by atoms with van der Waals surface area (Å²) in [5, 5.41) is 1.17. The molecular weight excluding hydrogens is 432 g/mol. The molecule has 0 amide bonds. The highest BCUT2D eigenvalue weighted by Crippen LogP contribution is 2.35. The molecule has 2 atom stereocenters. The fourth-order valence-corrected chi connectivity index (χ4v) is 6.41. The van der Waals surface area contributed by atoms with Crippen LogP contribution in [0.3, 0.4) is 0 Å². The smallest absolute Gasteiger partial charge is 0.316 e. The van der Waals surface area contributed by atoms with Crippen molar-refractivity contribution in [1.29, 1.82) is 0 Å². The number of rotatable bonds is 5. The van der Waals surface area contributed by atoms with Gasteiger partial charge in [-0.15, -0.1) is 0 Å². The first-order chi connectivity index (χ1) is 13.9. The van der Waals surface area contributed by atoms with Gasteiger partial charge in [0, 0.05) is 10.7 Å². The quantitative estimate of drug-likeness (QED) is 0.651. The van der Waals surface area contributed by atoms with Crippen LogP contribution in [0.25, 0.3) is 0 Å². The van der Waals surface area contributed by atoms with Crippen LogP contribution in [0.2, 0.25) is 5.02 Å². The molecule has 0 aromatic heterocycles. The molecule has 2 heterocycles. The van der Waals surface area contributed by atoms with E-state index in [1.165, 1.54) is 11.8 Å². The Kier molecular flexibility index (Phi) is 5.85. The molecule has 4 rings (SSSR count). The van der Waals surface area contributed by atoms with E-state index >= 15 is 0 Å². The lowest BCUT2D eigenvalue weighted by molar-refractivity contribution is -0.141. The summed E-state index contributed by atoms with van der Waals surface area (Å²) in [7, 11) is -3.13. The average Bonchev–Trinajstić information content (AvgIpc) is 3.16. The normalized spacial score (nSPS) is 22.2. The first-order valence-electron chi connectivity index (χ1n) is 9.07. The highest BCUT2D eigenvalue weighted by molar-refractivity contribution is 8.14. The van der Waals surface area contributed by atoms with E-state index in [9.17, 15) is 13.2 Å². The number of benzene rings is 2. The Bertz CT molecular complexity index is 1040. The Labute approximate surface area is 178 Å². The number of esters is 1. The van der Waals surface area contributed by atoms with Crippen LogP contribution < -0.4 is 4.90 Å². The predicted molar refractivity (Wildman–Crippen MR) is 116 cm³/mol. The molecular formula is C20H19ClN2O4S2. The second-order valence-corrected chi connectivity index (χ2v) is 10.4. The maximum atomic E-state index is 12.2. The van der Waals surface area contributed by atoms with Crippen LogP contribution in [0, 0.1) is 0 Å². The Morgan fingerprint density at radius 3 is 2.72 bits per heavy atom. The highest BCUT2D eigenvalue weighted by atomic mass is 35.5. The number of hydrogen-bond donors (Lipinski definition) is 0. The minimum atomic E-state index is -3.13. The molecule has 0 N–H and O–H groups in total. The van der Waals surface area contributed by atoms with Crippen molar-refractivity contribution in [2.45, 2.75) is 18.7 Å². The molecule has 29 heavy (non-hydrogen) atoms. The van der Waals surface area contributed by atoms with E-state index in [0.29, 0.717) is 10.2 Å². The minimum absolute atomic E-state index is 0.0250. The molecule has 0 saturated carbocycles. The number of sulfone groups is 1. The summed E-state index contributed by atoms with van der Waals surface area (Å²) in [6.07, 6.45) is 0. The molecule has 2 aromatic carbocycles. The van der Waals surface area contributed by atoms with E-state index in [0.717, 1.165) is 11.3 Å². The van der Waals surface area contributed by atoms with E-state index in [2.05, 4.69) is 4.99 Å². The third kappa shape index (κ3) is 4.76. The van der Waals surface area contributed by atoms with Gasteiger partial charge in [0.25, 0.3) is 0 Å². The van der Waals surface area contributed by atoms with Crippen LogP contribution in [0.4, 0.5) is 5.69 Å². The van der Waals surface area contributed by atoms with Gasteiger partial charge in [-0.3, -0.25) is 9.79 Å². The van der Waals surface area contributed by atoms with Gasteiger partial charge in [0.2, 0.25) is 0 Å². The molecule has 152 valence electrons. The largest absolute Gasteiger partial charge is 0.460 e. The molecule has 1 fully saturated rings. The fourth-order valence-electron chi connectivity index (χ4n) is 3.46. The molecule has 1 saturated heterocycles. The van der Waals surface area contributed by atoms with Crippen molar-refractivity contribution < 1.29 is 17.9 Å². The van der Waals surface area contributed by atoms with Crippen LogP contribution in [-0.2, 0) is 26.0 Å². The molecule has 2 aromatic rings. The molecule has 0 spiro atoms. The summed E-state index contributed by atoms with van der Waals surface area (Å²) >= 11 is 7.39. The number of nitrogens with zero attached hydrogens (tertiary/aromatic N) is 2. The summed E-state index contributed by atoms with van der Waals surface area (Å²) in [5.41, 5.74) is 1.69. The van der Waals surface area contributed by atoms with Crippen molar-refractivity contribution in [2.24, 2.45) is 4.99 Å². The van der Waals surface area contributed by atoms with E-state index in [1.807, 2.05) is 47.4 Å². The van der Waals surface area contributed by atoms with Crippen molar-refractivity contribution >= 4 is 50.0 Å². The Morgan fingerprint density at radius 1 is 1.17 bits per heavy atom. The van der Waals surface area contributed by atoms with Gasteiger partial charge in [-0.1, -0.05) is 59.8 Å². The van der Waals surface area contributed by atoms with Crippen molar-refractivity contribution in [3.63, 3.8) is 0 Å². The topological polar surface area (TPSA) is 76.0 Å². The Balaban J connectivity index is 1.45. The molecule has 0 radical (unpaired) electrons. The second-order valence-electron chi connectivity index (χ2n) is 6.91. The van der Waals surface area contributed by atoms with E-state index in [1.54, 1.807) is 12.1 Å². The number of amidine groups is 1. The molecule has 6 nitrogen and oxygen atoms in total. The highest BCUT2D eigenvalue weighted by Gasteiger charge is 2.47. The third-order valence-electron chi connectivity index (χ3n) is 4.76. The van der Waals surface area contributed by atoms with E-state index in [4.69, 9.17) is 16.3 Å². The first kappa shape index (κ1) is 20.3. The van der Waals surface area contributed by atoms with Gasteiger partial charge >= 0.3 is 5.97 Å². The lowest BCUT2D eigenvalue weighted by Crippen LogP contribution is -2.39. The van der Waals surface area contributed by atoms with Crippen molar-refractivity contribution in [3.05, 3.63) is 65.2 Å². The van der Waals surface area contributed by atoms with Crippen molar-refractivity contribution in [3.8, 4) is 0 Å². The lowest BCUT2D eigenvalue weighted by Gasteiger charge is -2.26. The number of thioether (sulfide) groups is 1. The number of ether oxygens (including phenoxy) is 1. The summed E-state index contributed by atoms with van der Waals surface area (Å²) in [6, 6.07) is 16.1. The second kappa shape index (κ2) is 8.38. The van der Waals surface area contributed by atoms with Gasteiger partial charge in [0.15, 0.2) is 15.0 Å². The number of carbonyl (C=O) groups is 1. The van der Waals surface area contributed by atoms with Crippen LogP contribution in [0.5, 0.6) is 0 Å². The van der Waals surface area contributed by atoms with Crippen LogP contribution >= 0.6 is 23.4 Å². The molecule has 0 aliphatic carbocycles. The maximum Gasteiger partial charge on any atom is 0.316 e. The monoisotopic (exact) mass is 450 g/mol. The van der Waals surface area contributed by atoms with Gasteiger partial charge in [0.1, 0.15) is 6.61 Å². The van der Waals surface area contributed by atoms with Crippen LogP contribution in [0.1, 0.15) is 5.56 Å². The molecule has 9 heteroatoms.